The lowest BCUT2D eigenvalue weighted by Crippen LogP contribution is -2.38. The molecule has 0 aromatic heterocycles. The Hall–Kier alpha value is -3.03. The smallest absolute Gasteiger partial charge is 0.254 e. The molecular formula is C20H21F3N2O3. The fourth-order valence-electron chi connectivity index (χ4n) is 2.58. The van der Waals surface area contributed by atoms with Gasteiger partial charge in [0.2, 0.25) is 5.91 Å². The lowest BCUT2D eigenvalue weighted by molar-refractivity contribution is -0.128. The molecule has 2 aromatic carbocycles. The summed E-state index contributed by atoms with van der Waals surface area (Å²) in [5.41, 5.74) is 0.423. The standard InChI is InChI=1S/C20H21F3N2O3/c1-13(26)25(11-9-14-3-5-15(28-2)6-4-14)12-10-24-20(27)16-7-8-17(21)19(23)18(16)22/h3-8H,9-12H2,1-2H3,(H,24,27). The molecule has 0 aliphatic heterocycles. The fourth-order valence-corrected chi connectivity index (χ4v) is 2.58. The lowest BCUT2D eigenvalue weighted by Gasteiger charge is -2.21. The summed E-state index contributed by atoms with van der Waals surface area (Å²) >= 11 is 0. The molecule has 150 valence electrons. The molecule has 2 amide bonds. The van der Waals surface area contributed by atoms with Gasteiger partial charge in [0.05, 0.1) is 12.7 Å². The third-order valence-corrected chi connectivity index (χ3v) is 4.22. The van der Waals surface area contributed by atoms with Crippen LogP contribution >= 0.6 is 0 Å². The number of benzene rings is 2. The van der Waals surface area contributed by atoms with Crippen molar-refractivity contribution in [3.05, 3.63) is 65.0 Å². The van der Waals surface area contributed by atoms with Gasteiger partial charge in [0.1, 0.15) is 5.75 Å². The molecule has 0 fully saturated rings. The Morgan fingerprint density at radius 3 is 2.29 bits per heavy atom. The van der Waals surface area contributed by atoms with Crippen LogP contribution in [0.5, 0.6) is 5.75 Å². The van der Waals surface area contributed by atoms with Crippen molar-refractivity contribution in [2.45, 2.75) is 13.3 Å². The van der Waals surface area contributed by atoms with Crippen LogP contribution < -0.4 is 10.1 Å². The summed E-state index contributed by atoms with van der Waals surface area (Å²) in [7, 11) is 1.58. The van der Waals surface area contributed by atoms with Gasteiger partial charge in [-0.15, -0.1) is 0 Å². The number of nitrogens with zero attached hydrogens (tertiary/aromatic N) is 1. The number of hydrogen-bond donors (Lipinski definition) is 1. The van der Waals surface area contributed by atoms with E-state index in [1.54, 1.807) is 7.11 Å². The zero-order valence-electron chi connectivity index (χ0n) is 15.6. The van der Waals surface area contributed by atoms with Crippen LogP contribution in [0.1, 0.15) is 22.8 Å². The summed E-state index contributed by atoms with van der Waals surface area (Å²) < 4.78 is 44.9. The molecule has 2 rings (SSSR count). The molecule has 0 heterocycles. The van der Waals surface area contributed by atoms with Crippen molar-refractivity contribution in [3.63, 3.8) is 0 Å². The Kier molecular flexibility index (Phi) is 7.43. The zero-order valence-corrected chi connectivity index (χ0v) is 15.6. The molecule has 28 heavy (non-hydrogen) atoms. The van der Waals surface area contributed by atoms with Crippen LogP contribution in [0.3, 0.4) is 0 Å². The van der Waals surface area contributed by atoms with Crippen molar-refractivity contribution in [2.24, 2.45) is 0 Å². The first kappa shape index (κ1) is 21.3. The minimum Gasteiger partial charge on any atom is -0.497 e. The van der Waals surface area contributed by atoms with Gasteiger partial charge in [-0.3, -0.25) is 9.59 Å². The third kappa shape index (κ3) is 5.48. The van der Waals surface area contributed by atoms with Gasteiger partial charge in [0.25, 0.3) is 5.91 Å². The Morgan fingerprint density at radius 2 is 1.68 bits per heavy atom. The monoisotopic (exact) mass is 394 g/mol. The molecular weight excluding hydrogens is 373 g/mol. The maximum absolute atomic E-state index is 13.6. The molecule has 0 saturated carbocycles. The van der Waals surface area contributed by atoms with E-state index >= 15 is 0 Å². The minimum absolute atomic E-state index is 0.0411. The van der Waals surface area contributed by atoms with Crippen molar-refractivity contribution < 1.29 is 27.5 Å². The van der Waals surface area contributed by atoms with Crippen LogP contribution in [0.15, 0.2) is 36.4 Å². The van der Waals surface area contributed by atoms with Gasteiger partial charge in [0, 0.05) is 26.6 Å². The highest BCUT2D eigenvalue weighted by atomic mass is 19.2. The van der Waals surface area contributed by atoms with Crippen LogP contribution in [-0.4, -0.2) is 43.5 Å². The maximum Gasteiger partial charge on any atom is 0.254 e. The van der Waals surface area contributed by atoms with Gasteiger partial charge in [-0.25, -0.2) is 13.2 Å². The average Bonchev–Trinajstić information content (AvgIpc) is 2.68. The topological polar surface area (TPSA) is 58.6 Å². The van der Waals surface area contributed by atoms with E-state index in [4.69, 9.17) is 4.74 Å². The number of amides is 2. The Bertz CT molecular complexity index is 841. The lowest BCUT2D eigenvalue weighted by atomic mass is 10.1. The largest absolute Gasteiger partial charge is 0.497 e. The van der Waals surface area contributed by atoms with Crippen molar-refractivity contribution in [2.75, 3.05) is 26.7 Å². The number of methoxy groups -OCH3 is 1. The molecule has 0 spiro atoms. The van der Waals surface area contributed by atoms with Gasteiger partial charge in [-0.1, -0.05) is 12.1 Å². The van der Waals surface area contributed by atoms with Crippen molar-refractivity contribution in [1.29, 1.82) is 0 Å². The molecule has 0 aliphatic carbocycles. The summed E-state index contributed by atoms with van der Waals surface area (Å²) in [4.78, 5) is 25.3. The normalized spacial score (nSPS) is 10.5. The number of nitrogens with one attached hydrogen (secondary N) is 1. The third-order valence-electron chi connectivity index (χ3n) is 4.22. The minimum atomic E-state index is -1.70. The molecule has 0 aliphatic rings. The van der Waals surface area contributed by atoms with Crippen LogP contribution in [0.25, 0.3) is 0 Å². The molecule has 0 bridgehead atoms. The quantitative estimate of drug-likeness (QED) is 0.701. The first-order chi connectivity index (χ1) is 13.3. The molecule has 0 unspecified atom stereocenters. The predicted molar refractivity (Wildman–Crippen MR) is 97.6 cm³/mol. The number of halogens is 3. The molecule has 1 N–H and O–H groups in total. The van der Waals surface area contributed by atoms with Gasteiger partial charge >= 0.3 is 0 Å². The summed E-state index contributed by atoms with van der Waals surface area (Å²) in [6, 6.07) is 8.99. The second-order valence-corrected chi connectivity index (χ2v) is 6.08. The Labute approximate surface area is 161 Å². The fraction of sp³-hybridized carbons (Fsp3) is 0.300. The summed E-state index contributed by atoms with van der Waals surface area (Å²) in [6.45, 7) is 2.07. The van der Waals surface area contributed by atoms with Gasteiger partial charge < -0.3 is 15.0 Å². The number of ether oxygens (including phenoxy) is 1. The van der Waals surface area contributed by atoms with Crippen LogP contribution in [0, 0.1) is 17.5 Å². The SMILES string of the molecule is COc1ccc(CCN(CCNC(=O)c2ccc(F)c(F)c2F)C(C)=O)cc1. The highest BCUT2D eigenvalue weighted by molar-refractivity contribution is 5.94. The molecule has 0 radical (unpaired) electrons. The van der Waals surface area contributed by atoms with E-state index in [1.807, 2.05) is 24.3 Å². The second kappa shape index (κ2) is 9.77. The maximum atomic E-state index is 13.6. The molecule has 0 atom stereocenters. The Morgan fingerprint density at radius 1 is 1.00 bits per heavy atom. The summed E-state index contributed by atoms with van der Waals surface area (Å²) in [6.07, 6.45) is 0.606. The van der Waals surface area contributed by atoms with E-state index in [2.05, 4.69) is 5.32 Å². The van der Waals surface area contributed by atoms with E-state index in [1.165, 1.54) is 11.8 Å². The second-order valence-electron chi connectivity index (χ2n) is 6.08. The average molecular weight is 394 g/mol. The van der Waals surface area contributed by atoms with Crippen LogP contribution in [0.2, 0.25) is 0 Å². The number of hydrogen-bond acceptors (Lipinski definition) is 3. The van der Waals surface area contributed by atoms with Crippen LogP contribution in [0.4, 0.5) is 13.2 Å². The number of carbonyl (C=O) groups excluding carboxylic acids is 2. The zero-order chi connectivity index (χ0) is 20.7. The molecule has 2 aromatic rings. The van der Waals surface area contributed by atoms with Gasteiger partial charge in [0.15, 0.2) is 17.5 Å². The summed E-state index contributed by atoms with van der Waals surface area (Å²) in [5, 5.41) is 2.41. The van der Waals surface area contributed by atoms with E-state index in [9.17, 15) is 22.8 Å². The first-order valence-corrected chi connectivity index (χ1v) is 8.63. The van der Waals surface area contributed by atoms with E-state index < -0.39 is 28.9 Å². The molecule has 8 heteroatoms. The Balaban J connectivity index is 1.88. The van der Waals surface area contributed by atoms with Crippen molar-refractivity contribution in [3.8, 4) is 5.75 Å². The van der Waals surface area contributed by atoms with Crippen LogP contribution in [-0.2, 0) is 11.2 Å². The highest BCUT2D eigenvalue weighted by Crippen LogP contribution is 2.15. The molecule has 5 nitrogen and oxygen atoms in total. The van der Waals surface area contributed by atoms with Crippen molar-refractivity contribution in [1.82, 2.24) is 10.2 Å². The highest BCUT2D eigenvalue weighted by Gasteiger charge is 2.19. The predicted octanol–water partition coefficient (Wildman–Crippen LogP) is 2.93. The first-order valence-electron chi connectivity index (χ1n) is 8.63. The van der Waals surface area contributed by atoms with Crippen molar-refractivity contribution >= 4 is 11.8 Å². The number of carbonyl (C=O) groups is 2. The number of rotatable bonds is 8. The summed E-state index contributed by atoms with van der Waals surface area (Å²) in [5.74, 6) is -4.93. The van der Waals surface area contributed by atoms with E-state index in [0.717, 1.165) is 17.4 Å². The molecule has 0 saturated heterocycles. The van der Waals surface area contributed by atoms with E-state index in [0.29, 0.717) is 19.0 Å². The van der Waals surface area contributed by atoms with E-state index in [-0.39, 0.29) is 19.0 Å². The van der Waals surface area contributed by atoms with Gasteiger partial charge in [-0.2, -0.15) is 0 Å². The van der Waals surface area contributed by atoms with Gasteiger partial charge in [-0.05, 0) is 36.2 Å².